The van der Waals surface area contributed by atoms with E-state index in [1.807, 2.05) is 55.4 Å². The second-order valence-electron chi connectivity index (χ2n) is 30.7. The van der Waals surface area contributed by atoms with Crippen molar-refractivity contribution in [1.82, 2.24) is 0 Å². The molecule has 3 saturated carbocycles. The first kappa shape index (κ1) is 97.2. The molecule has 3 fully saturated rings. The molecule has 0 N–H and O–H groups in total. The Labute approximate surface area is 542 Å². The number of rotatable bonds is 9. The molecule has 3 rings (SSSR count). The van der Waals surface area contributed by atoms with Crippen LogP contribution in [-0.2, 0) is 0 Å². The molecular weight excluding hydrogens is 1130 g/mol. The SMILES string of the molecule is CC1CCC(C)C1C.CC1CCCC(C(F)(F)F)[C@@H]1C.CC1C[C@H](C)CC1C(F)(F)F.CCC(C)(C)C.CCC(C)C.CCC(C)C(F)(F)F.CCCC(C)(C)C.CCCC(C)C.CCCC(C)C(F)(F)F.CCCCC.[2H]C(C)(C)C.[2H]C([2H])(C)C(C)(C)C. The second kappa shape index (κ2) is 56.7. The van der Waals surface area contributed by atoms with Crippen LogP contribution in [0.25, 0.3) is 0 Å². The number of hydrogen-bond donors (Lipinski definition) is 0. The van der Waals surface area contributed by atoms with Crippen molar-refractivity contribution in [2.75, 3.05) is 0 Å². The Bertz CT molecular complexity index is 1470. The molecule has 0 aromatic heterocycles. The zero-order valence-corrected chi connectivity index (χ0v) is 64.0. The molecule has 0 bridgehead atoms. The third-order valence-corrected chi connectivity index (χ3v) is 16.2. The summed E-state index contributed by atoms with van der Waals surface area (Å²) in [6.07, 6.45) is 2.01. The molecule has 0 aliphatic heterocycles. The molecule has 3 aliphatic carbocycles. The lowest BCUT2D eigenvalue weighted by atomic mass is 9.73. The van der Waals surface area contributed by atoms with Gasteiger partial charge in [0.25, 0.3) is 0 Å². The van der Waals surface area contributed by atoms with Gasteiger partial charge in [0.05, 0.1) is 23.7 Å². The maximum Gasteiger partial charge on any atom is 0.392 e. The predicted octanol–water partition coefficient (Wildman–Crippen LogP) is 31.2. The van der Waals surface area contributed by atoms with Gasteiger partial charge in [0.15, 0.2) is 0 Å². The maximum absolute atomic E-state index is 12.4. The minimum Gasteiger partial charge on any atom is -0.171 e. The first-order valence-electron chi connectivity index (χ1n) is 36.1. The van der Waals surface area contributed by atoms with Crippen molar-refractivity contribution >= 4 is 0 Å². The van der Waals surface area contributed by atoms with Crippen LogP contribution in [0, 0.1) is 99.1 Å². The second-order valence-corrected chi connectivity index (χ2v) is 30.7. The van der Waals surface area contributed by atoms with E-state index in [2.05, 4.69) is 132 Å². The maximum atomic E-state index is 12.4. The molecular formula is C75H156F12. The van der Waals surface area contributed by atoms with Crippen molar-refractivity contribution in [2.24, 2.45) is 99.1 Å². The summed E-state index contributed by atoms with van der Waals surface area (Å²) in [5, 5.41) is 0. The van der Waals surface area contributed by atoms with Crippen LogP contribution in [-0.4, -0.2) is 24.7 Å². The summed E-state index contributed by atoms with van der Waals surface area (Å²) >= 11 is 0. The van der Waals surface area contributed by atoms with Gasteiger partial charge < -0.3 is 0 Å². The molecule has 12 heteroatoms. The highest BCUT2D eigenvalue weighted by Gasteiger charge is 2.47. The normalized spacial score (nSPS) is 23.3. The number of unbranched alkanes of at least 4 members (excludes halogenated alkanes) is 2. The van der Waals surface area contributed by atoms with E-state index in [1.165, 1.54) is 91.4 Å². The van der Waals surface area contributed by atoms with E-state index >= 15 is 0 Å². The van der Waals surface area contributed by atoms with E-state index in [0.717, 1.165) is 48.9 Å². The molecule has 540 valence electrons. The van der Waals surface area contributed by atoms with Crippen molar-refractivity contribution < 1.29 is 56.8 Å². The quantitative estimate of drug-likeness (QED) is 0.202. The molecule has 0 amide bonds. The fourth-order valence-corrected chi connectivity index (χ4v) is 8.18. The van der Waals surface area contributed by atoms with Gasteiger partial charge in [-0.25, -0.2) is 0 Å². The van der Waals surface area contributed by atoms with Crippen molar-refractivity contribution in [2.45, 2.75) is 388 Å². The summed E-state index contributed by atoms with van der Waals surface area (Å²) in [5.41, 5.74) is 0.863. The highest BCUT2D eigenvalue weighted by atomic mass is 19.4. The Morgan fingerprint density at radius 1 is 0.402 bits per heavy atom. The Morgan fingerprint density at radius 3 is 0.851 bits per heavy atom. The third kappa shape index (κ3) is 83.1. The number of alkyl halides is 12. The van der Waals surface area contributed by atoms with Gasteiger partial charge in [0, 0.05) is 4.11 Å². The lowest BCUT2D eigenvalue weighted by Gasteiger charge is -2.35. The standard InChI is InChI=1S/C9H15F3.C8H13F3.C8H16.C7H16.C6H11F3.3C6H14.C5H9F3.2C5H12.C4H10/c1-6-4-3-5-8(7(6)2)9(10,11)12;1-5-3-6(2)7(4-5)8(9,10)11;1-6-4-5-7(2)8(6)3;1-5-6-7(2,3)4;1-3-4-5(2)6(7,8)9;2*1-5-6(2,3)4;1-4-5-6(2)3;1-3-4(2)5(6,7)8;1-4-5(2)3;1-3-5-4-2;1-4(2)3/h6-8H,3-5H2,1-2H3;5-7H,3-4H2,1-2H3;6-8H,4-5H2,1-3H3;5-6H2,1-4H3;5H,3-4H2,1-2H3;2*5H2,1-4H3;6H,4-5H2,1-3H3;4H,3H2,1-2H3;5H,4H2,1-3H3;3-5H2,1-2H3;4H,1-3H3/t6?,7-,8?;5-,6?,7?;;;;;;;;;;/m10........../s1/i;;;;;5D2;;;;;;4D. The Morgan fingerprint density at radius 2 is 0.747 bits per heavy atom. The summed E-state index contributed by atoms with van der Waals surface area (Å²) in [5.74, 6) is 0.212. The minimum absolute atomic E-state index is 0.170. The molecule has 87 heavy (non-hydrogen) atoms. The molecule has 0 radical (unpaired) electrons. The van der Waals surface area contributed by atoms with Gasteiger partial charge in [-0.05, 0) is 114 Å². The molecule has 10 atom stereocenters. The zero-order valence-electron chi connectivity index (χ0n) is 67.0. The van der Waals surface area contributed by atoms with Gasteiger partial charge in [-0.2, -0.15) is 52.7 Å². The molecule has 0 saturated heterocycles. The van der Waals surface area contributed by atoms with Gasteiger partial charge in [0.2, 0.25) is 0 Å². The first-order valence-corrected chi connectivity index (χ1v) is 34.6. The van der Waals surface area contributed by atoms with Crippen LogP contribution < -0.4 is 0 Å². The zero-order chi connectivity index (χ0) is 74.4. The lowest BCUT2D eigenvalue weighted by Crippen LogP contribution is -2.35. The van der Waals surface area contributed by atoms with Crippen molar-refractivity contribution in [1.29, 1.82) is 0 Å². The van der Waals surface area contributed by atoms with Gasteiger partial charge in [0.1, 0.15) is 0 Å². The van der Waals surface area contributed by atoms with Crippen LogP contribution in [0.1, 0.15) is 368 Å². The Kier molecular flexibility index (Phi) is 63.4. The summed E-state index contributed by atoms with van der Waals surface area (Å²) in [6.45, 7) is 68.7. The van der Waals surface area contributed by atoms with E-state index in [-0.39, 0.29) is 47.8 Å². The largest absolute Gasteiger partial charge is 0.392 e. The summed E-state index contributed by atoms with van der Waals surface area (Å²) in [7, 11) is 0. The molecule has 3 aliphatic rings. The van der Waals surface area contributed by atoms with E-state index in [0.29, 0.717) is 30.1 Å². The van der Waals surface area contributed by atoms with Gasteiger partial charge in [-0.1, -0.05) is 325 Å². The Hall–Kier alpha value is -0.840. The monoisotopic (exact) mass is 1290 g/mol. The number of hydrogen-bond acceptors (Lipinski definition) is 0. The molecule has 0 heterocycles. The molecule has 0 aromatic carbocycles. The van der Waals surface area contributed by atoms with Gasteiger partial charge in [-0.3, -0.25) is 0 Å². The molecule has 0 spiro atoms. The van der Waals surface area contributed by atoms with Crippen molar-refractivity contribution in [3.8, 4) is 0 Å². The minimum atomic E-state index is -3.99. The summed E-state index contributed by atoms with van der Waals surface area (Å²) < 4.78 is 164. The van der Waals surface area contributed by atoms with Gasteiger partial charge >= 0.3 is 24.7 Å². The van der Waals surface area contributed by atoms with Crippen LogP contribution >= 0.6 is 0 Å². The third-order valence-electron chi connectivity index (χ3n) is 16.2. The number of halogens is 12. The predicted molar refractivity (Wildman–Crippen MR) is 366 cm³/mol. The highest BCUT2D eigenvalue weighted by Crippen LogP contribution is 2.46. The van der Waals surface area contributed by atoms with Crippen LogP contribution in [0.4, 0.5) is 52.7 Å². The molecule has 8 unspecified atom stereocenters. The van der Waals surface area contributed by atoms with E-state index in [4.69, 9.17) is 4.11 Å². The highest BCUT2D eigenvalue weighted by molar-refractivity contribution is 4.84. The smallest absolute Gasteiger partial charge is 0.171 e. The fraction of sp³-hybridized carbons (Fsp3) is 1.00. The van der Waals surface area contributed by atoms with E-state index in [1.54, 1.807) is 27.7 Å². The van der Waals surface area contributed by atoms with Crippen molar-refractivity contribution in [3.05, 3.63) is 0 Å². The summed E-state index contributed by atoms with van der Waals surface area (Å²) in [6, 6.07) is 0. The first-order chi connectivity index (χ1) is 39.8. The van der Waals surface area contributed by atoms with Crippen molar-refractivity contribution in [3.63, 3.8) is 0 Å². The molecule has 0 nitrogen and oxygen atoms in total. The molecule has 0 aromatic rings. The average Bonchev–Trinajstić information content (AvgIpc) is 3.13. The average molecular weight is 1290 g/mol. The van der Waals surface area contributed by atoms with Crippen LogP contribution in [0.3, 0.4) is 0 Å². The summed E-state index contributed by atoms with van der Waals surface area (Å²) in [4.78, 5) is 0. The van der Waals surface area contributed by atoms with Crippen LogP contribution in [0.15, 0.2) is 0 Å². The Balaban J connectivity index is -0.000000115. The van der Waals surface area contributed by atoms with Crippen LogP contribution in [0.5, 0.6) is 0 Å². The topological polar surface area (TPSA) is 0 Å². The van der Waals surface area contributed by atoms with E-state index in [9.17, 15) is 52.7 Å². The lowest BCUT2D eigenvalue weighted by molar-refractivity contribution is -0.199. The fourth-order valence-electron chi connectivity index (χ4n) is 8.18. The van der Waals surface area contributed by atoms with Gasteiger partial charge in [-0.15, -0.1) is 0 Å². The van der Waals surface area contributed by atoms with E-state index < -0.39 is 54.7 Å². The van der Waals surface area contributed by atoms with Crippen LogP contribution in [0.2, 0.25) is 0 Å².